The second-order valence-corrected chi connectivity index (χ2v) is 8.14. The van der Waals surface area contributed by atoms with Crippen LogP contribution in [0.2, 0.25) is 10.0 Å². The predicted octanol–water partition coefficient (Wildman–Crippen LogP) is 3.72. The van der Waals surface area contributed by atoms with Crippen LogP contribution in [-0.4, -0.2) is 53.5 Å². The molecule has 0 radical (unpaired) electrons. The molecule has 30 heavy (non-hydrogen) atoms. The number of aromatic nitrogens is 2. The molecule has 1 fully saturated rings. The van der Waals surface area contributed by atoms with Crippen molar-refractivity contribution in [3.05, 3.63) is 64.4 Å². The molecule has 3 aromatic rings. The number of amides is 1. The normalized spacial score (nSPS) is 15.4. The quantitative estimate of drug-likeness (QED) is 0.650. The molecule has 0 aliphatic carbocycles. The third kappa shape index (κ3) is 4.21. The first-order chi connectivity index (χ1) is 14.6. The Morgan fingerprint density at radius 3 is 2.53 bits per heavy atom. The third-order valence-corrected chi connectivity index (χ3v) is 6.25. The highest BCUT2D eigenvalue weighted by Crippen LogP contribution is 2.30. The summed E-state index contributed by atoms with van der Waals surface area (Å²) in [6, 6.07) is 13.3. The zero-order chi connectivity index (χ0) is 21.1. The number of hydrogen-bond acceptors (Lipinski definition) is 5. The van der Waals surface area contributed by atoms with Crippen molar-refractivity contribution in [2.45, 2.75) is 12.3 Å². The Balaban J connectivity index is 1.49. The van der Waals surface area contributed by atoms with Crippen molar-refractivity contribution in [3.63, 3.8) is 0 Å². The van der Waals surface area contributed by atoms with Gasteiger partial charge in [0.1, 0.15) is 12.1 Å². The van der Waals surface area contributed by atoms with E-state index in [2.05, 4.69) is 14.9 Å². The molecule has 1 unspecified atom stereocenters. The lowest BCUT2D eigenvalue weighted by molar-refractivity contribution is -0.133. The number of hydrogen-bond donors (Lipinski definition) is 1. The molecule has 0 bridgehead atoms. The number of nitrogens with zero attached hydrogens (tertiary/aromatic N) is 4. The standard InChI is InChI=1S/C22H23Cl2N5O/c23-18-6-5-15(13-19(18)24)16(7-8-25)22(30)29-11-9-28(10-12-29)21-17-3-1-2-4-20(17)26-14-27-21/h1-6,13-14,16H,7-12,25H2. The van der Waals surface area contributed by atoms with Gasteiger partial charge in [-0.25, -0.2) is 9.97 Å². The molecule has 156 valence electrons. The fourth-order valence-corrected chi connectivity index (χ4v) is 4.24. The van der Waals surface area contributed by atoms with Crippen LogP contribution in [-0.2, 0) is 4.79 Å². The van der Waals surface area contributed by atoms with Crippen molar-refractivity contribution < 1.29 is 4.79 Å². The number of halogens is 2. The Morgan fingerprint density at radius 1 is 1.03 bits per heavy atom. The molecule has 0 spiro atoms. The van der Waals surface area contributed by atoms with Crippen LogP contribution in [0.3, 0.4) is 0 Å². The highest BCUT2D eigenvalue weighted by Gasteiger charge is 2.29. The van der Waals surface area contributed by atoms with Crippen LogP contribution in [0.15, 0.2) is 48.8 Å². The summed E-state index contributed by atoms with van der Waals surface area (Å²) in [5, 5.41) is 1.95. The summed E-state index contributed by atoms with van der Waals surface area (Å²) in [5.41, 5.74) is 7.57. The fraction of sp³-hybridized carbons (Fsp3) is 0.318. The molecule has 8 heteroatoms. The van der Waals surface area contributed by atoms with Gasteiger partial charge in [-0.2, -0.15) is 0 Å². The summed E-state index contributed by atoms with van der Waals surface area (Å²) in [6.07, 6.45) is 2.16. The van der Waals surface area contributed by atoms with Crippen molar-refractivity contribution in [1.29, 1.82) is 0 Å². The molecule has 1 aliphatic heterocycles. The fourth-order valence-electron chi connectivity index (χ4n) is 3.93. The lowest BCUT2D eigenvalue weighted by atomic mass is 9.94. The molecule has 2 aromatic carbocycles. The van der Waals surface area contributed by atoms with E-state index < -0.39 is 0 Å². The van der Waals surface area contributed by atoms with Crippen molar-refractivity contribution in [3.8, 4) is 0 Å². The number of piperazine rings is 1. The van der Waals surface area contributed by atoms with Gasteiger partial charge in [0.05, 0.1) is 21.5 Å². The zero-order valence-electron chi connectivity index (χ0n) is 16.5. The highest BCUT2D eigenvalue weighted by atomic mass is 35.5. The maximum atomic E-state index is 13.3. The topological polar surface area (TPSA) is 75.4 Å². The van der Waals surface area contributed by atoms with Gasteiger partial charge in [-0.1, -0.05) is 41.4 Å². The average Bonchev–Trinajstić information content (AvgIpc) is 2.79. The van der Waals surface area contributed by atoms with Gasteiger partial charge in [0.2, 0.25) is 5.91 Å². The van der Waals surface area contributed by atoms with Gasteiger partial charge in [0, 0.05) is 31.6 Å². The maximum absolute atomic E-state index is 13.3. The molecular weight excluding hydrogens is 421 g/mol. The molecule has 1 aliphatic rings. The minimum atomic E-state index is -0.323. The van der Waals surface area contributed by atoms with E-state index in [1.807, 2.05) is 35.2 Å². The summed E-state index contributed by atoms with van der Waals surface area (Å²) in [6.45, 7) is 3.09. The molecule has 1 atom stereocenters. The van der Waals surface area contributed by atoms with Crippen molar-refractivity contribution in [1.82, 2.24) is 14.9 Å². The molecule has 6 nitrogen and oxygen atoms in total. The van der Waals surface area contributed by atoms with Crippen LogP contribution in [0.1, 0.15) is 17.9 Å². The maximum Gasteiger partial charge on any atom is 0.230 e. The van der Waals surface area contributed by atoms with Crippen LogP contribution < -0.4 is 10.6 Å². The second-order valence-electron chi connectivity index (χ2n) is 7.33. The van der Waals surface area contributed by atoms with Gasteiger partial charge < -0.3 is 15.5 Å². The van der Waals surface area contributed by atoms with Gasteiger partial charge in [-0.05, 0) is 42.8 Å². The first-order valence-corrected chi connectivity index (χ1v) is 10.7. The largest absolute Gasteiger partial charge is 0.352 e. The lowest BCUT2D eigenvalue weighted by Crippen LogP contribution is -2.50. The van der Waals surface area contributed by atoms with Crippen molar-refractivity contribution in [2.24, 2.45) is 5.73 Å². The Labute approximate surface area is 185 Å². The van der Waals surface area contributed by atoms with Gasteiger partial charge >= 0.3 is 0 Å². The molecule has 2 heterocycles. The van der Waals surface area contributed by atoms with E-state index in [1.54, 1.807) is 18.5 Å². The first-order valence-electron chi connectivity index (χ1n) is 9.97. The number of anilines is 1. The summed E-state index contributed by atoms with van der Waals surface area (Å²) in [4.78, 5) is 26.2. The Kier molecular flexibility index (Phi) is 6.37. The Hall–Kier alpha value is -2.41. The van der Waals surface area contributed by atoms with E-state index in [4.69, 9.17) is 28.9 Å². The summed E-state index contributed by atoms with van der Waals surface area (Å²) in [7, 11) is 0. The Morgan fingerprint density at radius 2 is 1.80 bits per heavy atom. The summed E-state index contributed by atoms with van der Waals surface area (Å²) in [5.74, 6) is 0.665. The van der Waals surface area contributed by atoms with E-state index in [9.17, 15) is 4.79 Å². The molecule has 2 N–H and O–H groups in total. The monoisotopic (exact) mass is 443 g/mol. The van der Waals surface area contributed by atoms with E-state index in [1.165, 1.54) is 0 Å². The molecule has 1 saturated heterocycles. The van der Waals surface area contributed by atoms with Gasteiger partial charge in [0.25, 0.3) is 0 Å². The van der Waals surface area contributed by atoms with Gasteiger partial charge in [-0.15, -0.1) is 0 Å². The SMILES string of the molecule is NCCC(C(=O)N1CCN(c2ncnc3ccccc23)CC1)c1ccc(Cl)c(Cl)c1. The molecule has 4 rings (SSSR count). The predicted molar refractivity (Wildman–Crippen MR) is 121 cm³/mol. The van der Waals surface area contributed by atoms with Crippen LogP contribution >= 0.6 is 23.2 Å². The summed E-state index contributed by atoms with van der Waals surface area (Å²) >= 11 is 12.2. The zero-order valence-corrected chi connectivity index (χ0v) is 18.0. The molecule has 1 aromatic heterocycles. The van der Waals surface area contributed by atoms with Crippen molar-refractivity contribution in [2.75, 3.05) is 37.6 Å². The smallest absolute Gasteiger partial charge is 0.230 e. The number of carbonyl (C=O) groups excluding carboxylic acids is 1. The van der Waals surface area contributed by atoms with Crippen LogP contribution in [0, 0.1) is 0 Å². The van der Waals surface area contributed by atoms with Gasteiger partial charge in [-0.3, -0.25) is 4.79 Å². The minimum Gasteiger partial charge on any atom is -0.352 e. The second kappa shape index (κ2) is 9.16. The molecule has 1 amide bonds. The van der Waals surface area contributed by atoms with Crippen LogP contribution in [0.5, 0.6) is 0 Å². The van der Waals surface area contributed by atoms with E-state index in [0.29, 0.717) is 49.2 Å². The lowest BCUT2D eigenvalue weighted by Gasteiger charge is -2.37. The van der Waals surface area contributed by atoms with Gasteiger partial charge in [0.15, 0.2) is 0 Å². The number of nitrogens with two attached hydrogens (primary N) is 1. The van der Waals surface area contributed by atoms with E-state index in [0.717, 1.165) is 22.3 Å². The highest BCUT2D eigenvalue weighted by molar-refractivity contribution is 6.42. The van der Waals surface area contributed by atoms with E-state index in [-0.39, 0.29) is 11.8 Å². The first kappa shape index (κ1) is 20.8. The number of para-hydroxylation sites is 1. The molecular formula is C22H23Cl2N5O. The molecule has 0 saturated carbocycles. The minimum absolute atomic E-state index is 0.0750. The average molecular weight is 444 g/mol. The third-order valence-electron chi connectivity index (χ3n) is 5.51. The summed E-state index contributed by atoms with van der Waals surface area (Å²) < 4.78 is 0. The van der Waals surface area contributed by atoms with Crippen LogP contribution in [0.25, 0.3) is 10.9 Å². The van der Waals surface area contributed by atoms with Crippen molar-refractivity contribution >= 4 is 45.8 Å². The number of fused-ring (bicyclic) bond motifs is 1. The van der Waals surface area contributed by atoms with E-state index >= 15 is 0 Å². The van der Waals surface area contributed by atoms with Crippen LogP contribution in [0.4, 0.5) is 5.82 Å². The number of benzene rings is 2. The Bertz CT molecular complexity index is 1050. The number of rotatable bonds is 5. The number of carbonyl (C=O) groups is 1.